The van der Waals surface area contributed by atoms with Gasteiger partial charge in [-0.1, -0.05) is 38.5 Å². The molecule has 0 aromatic heterocycles. The van der Waals surface area contributed by atoms with Crippen LogP contribution in [0.4, 0.5) is 0 Å². The predicted octanol–water partition coefficient (Wildman–Crippen LogP) is 4.36. The highest BCUT2D eigenvalue weighted by atomic mass is 16.5. The van der Waals surface area contributed by atoms with Gasteiger partial charge in [0.25, 0.3) is 0 Å². The molecule has 1 fully saturated rings. The summed E-state index contributed by atoms with van der Waals surface area (Å²) in [6, 6.07) is 8.48. The molecule has 0 spiro atoms. The van der Waals surface area contributed by atoms with Gasteiger partial charge in [0.15, 0.2) is 0 Å². The van der Waals surface area contributed by atoms with Crippen LogP contribution in [-0.2, 0) is 0 Å². The first-order valence-electron chi connectivity index (χ1n) is 7.65. The molecule has 1 heterocycles. The Bertz CT molecular complexity index is 343. The Labute approximate surface area is 118 Å². The second-order valence-corrected chi connectivity index (χ2v) is 5.44. The molecule has 0 saturated carbocycles. The van der Waals surface area contributed by atoms with Gasteiger partial charge in [-0.05, 0) is 57.3 Å². The minimum atomic E-state index is 0.253. The maximum absolute atomic E-state index is 5.88. The number of rotatable bonds is 3. The molecule has 2 nitrogen and oxygen atoms in total. The molecule has 19 heavy (non-hydrogen) atoms. The molecular formula is C17H29NO. The molecule has 0 bridgehead atoms. The first kappa shape index (κ1) is 16.0. The van der Waals surface area contributed by atoms with Gasteiger partial charge in [0, 0.05) is 0 Å². The van der Waals surface area contributed by atoms with E-state index in [4.69, 9.17) is 4.74 Å². The van der Waals surface area contributed by atoms with Crippen molar-refractivity contribution in [2.75, 3.05) is 13.1 Å². The van der Waals surface area contributed by atoms with Gasteiger partial charge in [-0.25, -0.2) is 0 Å². The maximum atomic E-state index is 5.88. The fourth-order valence-electron chi connectivity index (χ4n) is 2.31. The summed E-state index contributed by atoms with van der Waals surface area (Å²) in [6.07, 6.45) is 3.94. The van der Waals surface area contributed by atoms with Crippen molar-refractivity contribution in [2.45, 2.75) is 59.0 Å². The lowest BCUT2D eigenvalue weighted by molar-refractivity contribution is 0.237. The van der Waals surface area contributed by atoms with Crippen LogP contribution in [0.25, 0.3) is 0 Å². The van der Waals surface area contributed by atoms with E-state index in [-0.39, 0.29) is 6.10 Å². The topological polar surface area (TPSA) is 21.3 Å². The average molecular weight is 263 g/mol. The van der Waals surface area contributed by atoms with Crippen molar-refractivity contribution in [3.8, 4) is 5.75 Å². The van der Waals surface area contributed by atoms with E-state index < -0.39 is 0 Å². The monoisotopic (exact) mass is 263 g/mol. The highest BCUT2D eigenvalue weighted by molar-refractivity contribution is 5.36. The van der Waals surface area contributed by atoms with Gasteiger partial charge in [0.1, 0.15) is 5.75 Å². The maximum Gasteiger partial charge on any atom is 0.123 e. The fraction of sp³-hybridized carbons (Fsp3) is 0.647. The van der Waals surface area contributed by atoms with Gasteiger partial charge < -0.3 is 10.1 Å². The SMILES string of the molecule is CC(C)Oc1ccccc1C1CCNCC1.CCC. The van der Waals surface area contributed by atoms with E-state index in [1.165, 1.54) is 24.8 Å². The molecule has 0 amide bonds. The normalized spacial score (nSPS) is 15.8. The minimum Gasteiger partial charge on any atom is -0.491 e. The number of benzene rings is 1. The molecule has 0 atom stereocenters. The van der Waals surface area contributed by atoms with Gasteiger partial charge in [0.05, 0.1) is 6.10 Å². The molecule has 0 radical (unpaired) electrons. The van der Waals surface area contributed by atoms with E-state index >= 15 is 0 Å². The Morgan fingerprint density at radius 1 is 1.16 bits per heavy atom. The molecule has 1 aliphatic heterocycles. The molecule has 1 aromatic carbocycles. The van der Waals surface area contributed by atoms with Gasteiger partial charge in [-0.2, -0.15) is 0 Å². The summed E-state index contributed by atoms with van der Waals surface area (Å²) >= 11 is 0. The number of ether oxygens (including phenoxy) is 1. The second kappa shape index (κ2) is 8.98. The van der Waals surface area contributed by atoms with Gasteiger partial charge >= 0.3 is 0 Å². The average Bonchev–Trinajstić information content (AvgIpc) is 2.40. The molecule has 2 heteroatoms. The third-order valence-electron chi connectivity index (χ3n) is 3.06. The van der Waals surface area contributed by atoms with Crippen molar-refractivity contribution in [1.82, 2.24) is 5.32 Å². The third-order valence-corrected chi connectivity index (χ3v) is 3.06. The van der Waals surface area contributed by atoms with E-state index in [0.29, 0.717) is 5.92 Å². The van der Waals surface area contributed by atoms with Crippen LogP contribution in [-0.4, -0.2) is 19.2 Å². The summed E-state index contributed by atoms with van der Waals surface area (Å²) in [5, 5.41) is 3.40. The molecule has 1 N–H and O–H groups in total. The summed E-state index contributed by atoms with van der Waals surface area (Å²) in [6.45, 7) is 10.7. The quantitative estimate of drug-likeness (QED) is 0.875. The van der Waals surface area contributed by atoms with Crippen LogP contribution in [0, 0.1) is 0 Å². The summed E-state index contributed by atoms with van der Waals surface area (Å²) in [4.78, 5) is 0. The van der Waals surface area contributed by atoms with Crippen LogP contribution in [0.3, 0.4) is 0 Å². The Morgan fingerprint density at radius 2 is 1.74 bits per heavy atom. The van der Waals surface area contributed by atoms with Gasteiger partial charge in [0.2, 0.25) is 0 Å². The number of hydrogen-bond donors (Lipinski definition) is 1. The van der Waals surface area contributed by atoms with Crippen LogP contribution >= 0.6 is 0 Å². The molecule has 1 saturated heterocycles. The van der Waals surface area contributed by atoms with Crippen LogP contribution in [0.2, 0.25) is 0 Å². The summed E-state index contributed by atoms with van der Waals surface area (Å²) in [5.74, 6) is 1.74. The van der Waals surface area contributed by atoms with Gasteiger partial charge in [-0.3, -0.25) is 0 Å². The van der Waals surface area contributed by atoms with Crippen molar-refractivity contribution < 1.29 is 4.74 Å². The van der Waals surface area contributed by atoms with Crippen molar-refractivity contribution in [3.63, 3.8) is 0 Å². The minimum absolute atomic E-state index is 0.253. The molecule has 0 aliphatic carbocycles. The number of nitrogens with one attached hydrogen (secondary N) is 1. The lowest BCUT2D eigenvalue weighted by Crippen LogP contribution is -2.27. The molecule has 1 aliphatic rings. The third kappa shape index (κ3) is 5.65. The Balaban J connectivity index is 0.000000550. The highest BCUT2D eigenvalue weighted by Crippen LogP contribution is 2.32. The molecule has 0 unspecified atom stereocenters. The first-order chi connectivity index (χ1) is 9.19. The molecule has 1 aromatic rings. The Hall–Kier alpha value is -1.02. The van der Waals surface area contributed by atoms with Crippen molar-refractivity contribution in [2.24, 2.45) is 0 Å². The van der Waals surface area contributed by atoms with E-state index in [9.17, 15) is 0 Å². The Morgan fingerprint density at radius 3 is 2.32 bits per heavy atom. The van der Waals surface area contributed by atoms with Crippen molar-refractivity contribution in [3.05, 3.63) is 29.8 Å². The summed E-state index contributed by atoms with van der Waals surface area (Å²) in [7, 11) is 0. The van der Waals surface area contributed by atoms with E-state index in [1.54, 1.807) is 0 Å². The van der Waals surface area contributed by atoms with E-state index in [2.05, 4.69) is 57.3 Å². The van der Waals surface area contributed by atoms with E-state index in [0.717, 1.165) is 18.8 Å². The van der Waals surface area contributed by atoms with Crippen molar-refractivity contribution >= 4 is 0 Å². The summed E-state index contributed by atoms with van der Waals surface area (Å²) in [5.41, 5.74) is 1.39. The smallest absolute Gasteiger partial charge is 0.123 e. The lowest BCUT2D eigenvalue weighted by atomic mass is 9.89. The summed E-state index contributed by atoms with van der Waals surface area (Å²) < 4.78 is 5.88. The lowest BCUT2D eigenvalue weighted by Gasteiger charge is -2.25. The number of hydrogen-bond acceptors (Lipinski definition) is 2. The first-order valence-corrected chi connectivity index (χ1v) is 7.65. The molecule has 108 valence electrons. The molecule has 2 rings (SSSR count). The number of para-hydroxylation sites is 1. The zero-order chi connectivity index (χ0) is 14.1. The fourth-order valence-corrected chi connectivity index (χ4v) is 2.31. The van der Waals surface area contributed by atoms with Crippen LogP contribution in [0.1, 0.15) is 58.4 Å². The molecular weight excluding hydrogens is 234 g/mol. The van der Waals surface area contributed by atoms with Crippen LogP contribution in [0.5, 0.6) is 5.75 Å². The van der Waals surface area contributed by atoms with Gasteiger partial charge in [-0.15, -0.1) is 0 Å². The van der Waals surface area contributed by atoms with Crippen LogP contribution < -0.4 is 10.1 Å². The largest absolute Gasteiger partial charge is 0.491 e. The zero-order valence-electron chi connectivity index (χ0n) is 12.9. The Kier molecular flexibility index (Phi) is 7.57. The second-order valence-electron chi connectivity index (χ2n) is 5.44. The standard InChI is InChI=1S/C14H21NO.C3H8/c1-11(2)16-14-6-4-3-5-13(14)12-7-9-15-10-8-12;1-3-2/h3-6,11-12,15H,7-10H2,1-2H3;3H2,1-2H3. The highest BCUT2D eigenvalue weighted by Gasteiger charge is 2.18. The van der Waals surface area contributed by atoms with Crippen LogP contribution in [0.15, 0.2) is 24.3 Å². The predicted molar refractivity (Wildman–Crippen MR) is 83.0 cm³/mol. The van der Waals surface area contributed by atoms with E-state index in [1.807, 2.05) is 0 Å². The number of piperidine rings is 1. The van der Waals surface area contributed by atoms with Crippen molar-refractivity contribution in [1.29, 1.82) is 0 Å². The zero-order valence-corrected chi connectivity index (χ0v) is 12.9.